The first-order valence-electron chi connectivity index (χ1n) is 9.61. The maximum atomic E-state index is 11.8. The third kappa shape index (κ3) is 6.49. The molecule has 0 saturated heterocycles. The van der Waals surface area contributed by atoms with Crippen molar-refractivity contribution in [3.63, 3.8) is 0 Å². The van der Waals surface area contributed by atoms with Gasteiger partial charge in [0.25, 0.3) is 0 Å². The molecule has 0 unspecified atom stereocenters. The van der Waals surface area contributed by atoms with E-state index >= 15 is 0 Å². The van der Waals surface area contributed by atoms with Gasteiger partial charge in [0.1, 0.15) is 0 Å². The van der Waals surface area contributed by atoms with Gasteiger partial charge in [-0.25, -0.2) is 0 Å². The number of carbonyl (C=O) groups excluding carboxylic acids is 1. The second-order valence-electron chi connectivity index (χ2n) is 7.10. The second kappa shape index (κ2) is 10.9. The topological polar surface area (TPSA) is 49.8 Å². The molecule has 0 radical (unpaired) electrons. The Hall–Kier alpha value is -2.17. The minimum absolute atomic E-state index is 0.00554. The fourth-order valence-electron chi connectivity index (χ4n) is 3.50. The zero-order valence-corrected chi connectivity index (χ0v) is 16.5. The lowest BCUT2D eigenvalue weighted by Crippen LogP contribution is -2.47. The van der Waals surface area contributed by atoms with Crippen LogP contribution in [0.2, 0.25) is 0 Å². The predicted molar refractivity (Wildman–Crippen MR) is 108 cm³/mol. The molecule has 3 atom stereocenters. The number of esters is 1. The number of carbonyl (C=O) groups is 1. The number of aliphatic hydroxyl groups excluding tert-OH is 1. The van der Waals surface area contributed by atoms with Crippen molar-refractivity contribution in [2.24, 2.45) is 5.92 Å². The van der Waals surface area contributed by atoms with Crippen LogP contribution in [0.5, 0.6) is 0 Å². The van der Waals surface area contributed by atoms with E-state index in [0.29, 0.717) is 13.1 Å². The highest BCUT2D eigenvalue weighted by Crippen LogP contribution is 2.25. The van der Waals surface area contributed by atoms with E-state index in [2.05, 4.69) is 43.0 Å². The monoisotopic (exact) mass is 369 g/mol. The van der Waals surface area contributed by atoms with Crippen LogP contribution < -0.4 is 0 Å². The lowest BCUT2D eigenvalue weighted by atomic mass is 9.90. The predicted octanol–water partition coefficient (Wildman–Crippen LogP) is 4.03. The fourth-order valence-corrected chi connectivity index (χ4v) is 3.50. The Morgan fingerprint density at radius 2 is 1.48 bits per heavy atom. The first-order valence-corrected chi connectivity index (χ1v) is 9.61. The number of ether oxygens (including phenoxy) is 1. The molecule has 2 rings (SSSR count). The van der Waals surface area contributed by atoms with Crippen molar-refractivity contribution in [1.82, 2.24) is 4.90 Å². The molecule has 0 aliphatic carbocycles. The molecule has 4 nitrogen and oxygen atoms in total. The SMILES string of the molecule is CC[C@H](C)[C@@H]([C@@H](O)CC(=O)OC)N(Cc1ccccc1)Cc1ccccc1. The average Bonchev–Trinajstić information content (AvgIpc) is 2.69. The molecule has 0 aliphatic heterocycles. The molecule has 2 aromatic carbocycles. The molecular weight excluding hydrogens is 338 g/mol. The van der Waals surface area contributed by atoms with Crippen LogP contribution >= 0.6 is 0 Å². The number of hydrogen-bond donors (Lipinski definition) is 1. The van der Waals surface area contributed by atoms with Gasteiger partial charge in [0.15, 0.2) is 0 Å². The first kappa shape index (κ1) is 21.1. The van der Waals surface area contributed by atoms with Crippen LogP contribution in [0, 0.1) is 5.92 Å². The minimum atomic E-state index is -0.778. The molecule has 0 aliphatic rings. The molecule has 0 fully saturated rings. The summed E-state index contributed by atoms with van der Waals surface area (Å²) in [5.74, 6) is -0.146. The van der Waals surface area contributed by atoms with Gasteiger partial charge in [-0.05, 0) is 17.0 Å². The quantitative estimate of drug-likeness (QED) is 0.643. The van der Waals surface area contributed by atoms with Gasteiger partial charge in [0, 0.05) is 19.1 Å². The first-order chi connectivity index (χ1) is 13.0. The molecule has 0 amide bonds. The van der Waals surface area contributed by atoms with Crippen molar-refractivity contribution in [2.75, 3.05) is 7.11 Å². The van der Waals surface area contributed by atoms with E-state index in [9.17, 15) is 9.90 Å². The summed E-state index contributed by atoms with van der Waals surface area (Å²) >= 11 is 0. The average molecular weight is 370 g/mol. The summed E-state index contributed by atoms with van der Waals surface area (Å²) < 4.78 is 4.78. The van der Waals surface area contributed by atoms with Crippen LogP contribution in [0.25, 0.3) is 0 Å². The number of aliphatic hydroxyl groups is 1. The summed E-state index contributed by atoms with van der Waals surface area (Å²) in [5.41, 5.74) is 2.37. The summed E-state index contributed by atoms with van der Waals surface area (Å²) in [6, 6.07) is 20.4. The highest BCUT2D eigenvalue weighted by Gasteiger charge is 2.32. The van der Waals surface area contributed by atoms with Crippen molar-refractivity contribution < 1.29 is 14.6 Å². The molecule has 0 heterocycles. The molecule has 27 heavy (non-hydrogen) atoms. The largest absolute Gasteiger partial charge is 0.469 e. The molecule has 4 heteroatoms. The molecule has 0 aromatic heterocycles. The Labute approximate surface area is 162 Å². The fraction of sp³-hybridized carbons (Fsp3) is 0.435. The molecule has 0 bridgehead atoms. The zero-order valence-electron chi connectivity index (χ0n) is 16.5. The number of methoxy groups -OCH3 is 1. The van der Waals surface area contributed by atoms with Crippen LogP contribution in [0.4, 0.5) is 0 Å². The molecule has 1 N–H and O–H groups in total. The zero-order chi connectivity index (χ0) is 19.6. The molecule has 0 saturated carbocycles. The van der Waals surface area contributed by atoms with E-state index < -0.39 is 6.10 Å². The number of benzene rings is 2. The molecule has 2 aromatic rings. The maximum absolute atomic E-state index is 11.8. The van der Waals surface area contributed by atoms with Crippen LogP contribution in [0.1, 0.15) is 37.8 Å². The van der Waals surface area contributed by atoms with Gasteiger partial charge in [-0.15, -0.1) is 0 Å². The summed E-state index contributed by atoms with van der Waals surface area (Å²) in [4.78, 5) is 14.1. The highest BCUT2D eigenvalue weighted by molar-refractivity contribution is 5.69. The molecule has 146 valence electrons. The van der Waals surface area contributed by atoms with E-state index in [0.717, 1.165) is 6.42 Å². The molecular formula is C23H31NO3. The Morgan fingerprint density at radius 1 is 1.00 bits per heavy atom. The second-order valence-corrected chi connectivity index (χ2v) is 7.10. The van der Waals surface area contributed by atoms with Crippen LogP contribution in [0.3, 0.4) is 0 Å². The van der Waals surface area contributed by atoms with Crippen LogP contribution in [-0.2, 0) is 22.6 Å². The van der Waals surface area contributed by atoms with Gasteiger partial charge in [0.2, 0.25) is 0 Å². The van der Waals surface area contributed by atoms with Gasteiger partial charge in [0.05, 0.1) is 19.6 Å². The maximum Gasteiger partial charge on any atom is 0.308 e. The van der Waals surface area contributed by atoms with Crippen molar-refractivity contribution in [3.05, 3.63) is 71.8 Å². The Kier molecular flexibility index (Phi) is 8.49. The Balaban J connectivity index is 2.31. The number of hydrogen-bond acceptors (Lipinski definition) is 4. The normalized spacial score (nSPS) is 14.6. The van der Waals surface area contributed by atoms with E-state index in [1.807, 2.05) is 36.4 Å². The standard InChI is InChI=1S/C23H31NO3/c1-4-18(2)23(21(25)15-22(26)27-3)24(16-19-11-7-5-8-12-19)17-20-13-9-6-10-14-20/h5-14,18,21,23,25H,4,15-17H2,1-3H3/t18-,21-,23-/m0/s1. The lowest BCUT2D eigenvalue weighted by Gasteiger charge is -2.38. The van der Waals surface area contributed by atoms with Gasteiger partial charge in [-0.2, -0.15) is 0 Å². The van der Waals surface area contributed by atoms with Crippen molar-refractivity contribution in [2.45, 2.75) is 51.9 Å². The lowest BCUT2D eigenvalue weighted by molar-refractivity contribution is -0.144. The summed E-state index contributed by atoms with van der Waals surface area (Å²) in [6.45, 7) is 5.67. The minimum Gasteiger partial charge on any atom is -0.469 e. The Morgan fingerprint density at radius 3 is 1.89 bits per heavy atom. The van der Waals surface area contributed by atoms with E-state index in [1.54, 1.807) is 0 Å². The number of nitrogens with zero attached hydrogens (tertiary/aromatic N) is 1. The third-order valence-corrected chi connectivity index (χ3v) is 5.10. The van der Waals surface area contributed by atoms with E-state index in [4.69, 9.17) is 4.74 Å². The Bertz CT molecular complexity index is 633. The van der Waals surface area contributed by atoms with Crippen LogP contribution in [-0.4, -0.2) is 35.2 Å². The van der Waals surface area contributed by atoms with Gasteiger partial charge >= 0.3 is 5.97 Å². The van der Waals surface area contributed by atoms with Crippen molar-refractivity contribution >= 4 is 5.97 Å². The summed E-state index contributed by atoms with van der Waals surface area (Å²) in [5, 5.41) is 10.9. The third-order valence-electron chi connectivity index (χ3n) is 5.10. The number of rotatable bonds is 10. The van der Waals surface area contributed by atoms with Crippen molar-refractivity contribution in [3.8, 4) is 0 Å². The van der Waals surface area contributed by atoms with Gasteiger partial charge in [-0.1, -0.05) is 80.9 Å². The molecule has 0 spiro atoms. The van der Waals surface area contributed by atoms with E-state index in [-0.39, 0.29) is 24.3 Å². The highest BCUT2D eigenvalue weighted by atomic mass is 16.5. The van der Waals surface area contributed by atoms with Crippen molar-refractivity contribution in [1.29, 1.82) is 0 Å². The van der Waals surface area contributed by atoms with E-state index in [1.165, 1.54) is 18.2 Å². The van der Waals surface area contributed by atoms with Gasteiger partial charge < -0.3 is 9.84 Å². The smallest absolute Gasteiger partial charge is 0.308 e. The summed E-state index contributed by atoms with van der Waals surface area (Å²) in [7, 11) is 1.36. The van der Waals surface area contributed by atoms with Crippen LogP contribution in [0.15, 0.2) is 60.7 Å². The summed E-state index contributed by atoms with van der Waals surface area (Å²) in [6.07, 6.45) is 0.147. The van der Waals surface area contributed by atoms with Gasteiger partial charge in [-0.3, -0.25) is 9.69 Å².